The fraction of sp³-hybridized carbons (Fsp3) is 0.467. The molecule has 106 valence electrons. The Balaban J connectivity index is 1.93. The first-order chi connectivity index (χ1) is 9.58. The summed E-state index contributed by atoms with van der Waals surface area (Å²) < 4.78 is 19.0. The smallest absolute Gasteiger partial charge is 0.299 e. The summed E-state index contributed by atoms with van der Waals surface area (Å²) in [6.45, 7) is 2.77. The molecule has 0 saturated carbocycles. The SMILES string of the molecule is Cc1cc(F)cc2c1N(CC1CCCCO1)C(=O)C2=O. The first-order valence-corrected chi connectivity index (χ1v) is 6.86. The Morgan fingerprint density at radius 2 is 2.15 bits per heavy atom. The average Bonchev–Trinajstić information content (AvgIpc) is 2.65. The van der Waals surface area contributed by atoms with Gasteiger partial charge in [-0.3, -0.25) is 9.59 Å². The molecule has 1 fully saturated rings. The highest BCUT2D eigenvalue weighted by Gasteiger charge is 2.38. The van der Waals surface area contributed by atoms with E-state index >= 15 is 0 Å². The Kier molecular flexibility index (Phi) is 3.30. The molecule has 0 bridgehead atoms. The first-order valence-electron chi connectivity index (χ1n) is 6.86. The van der Waals surface area contributed by atoms with Crippen LogP contribution in [0.2, 0.25) is 0 Å². The van der Waals surface area contributed by atoms with Gasteiger partial charge in [0.25, 0.3) is 11.7 Å². The van der Waals surface area contributed by atoms with Crippen molar-refractivity contribution < 1.29 is 18.7 Å². The van der Waals surface area contributed by atoms with Crippen molar-refractivity contribution in [2.24, 2.45) is 0 Å². The molecule has 0 N–H and O–H groups in total. The lowest BCUT2D eigenvalue weighted by Gasteiger charge is -2.27. The number of amides is 1. The monoisotopic (exact) mass is 277 g/mol. The van der Waals surface area contributed by atoms with Crippen LogP contribution >= 0.6 is 0 Å². The van der Waals surface area contributed by atoms with Gasteiger partial charge in [-0.15, -0.1) is 0 Å². The van der Waals surface area contributed by atoms with Crippen LogP contribution in [0.3, 0.4) is 0 Å². The van der Waals surface area contributed by atoms with Gasteiger partial charge in [-0.05, 0) is 43.9 Å². The quantitative estimate of drug-likeness (QED) is 0.779. The summed E-state index contributed by atoms with van der Waals surface area (Å²) in [6.07, 6.45) is 2.93. The van der Waals surface area contributed by atoms with E-state index in [1.54, 1.807) is 6.92 Å². The van der Waals surface area contributed by atoms with Crippen LogP contribution in [0.5, 0.6) is 0 Å². The maximum Gasteiger partial charge on any atom is 0.299 e. The van der Waals surface area contributed by atoms with Gasteiger partial charge in [-0.25, -0.2) is 4.39 Å². The number of ketones is 1. The summed E-state index contributed by atoms with van der Waals surface area (Å²) >= 11 is 0. The molecule has 2 heterocycles. The second-order valence-electron chi connectivity index (χ2n) is 5.35. The molecule has 0 spiro atoms. The molecular formula is C15H16FNO3. The fourth-order valence-corrected chi connectivity index (χ4v) is 2.94. The van der Waals surface area contributed by atoms with Crippen LogP contribution in [0.4, 0.5) is 10.1 Å². The van der Waals surface area contributed by atoms with Crippen molar-refractivity contribution in [3.8, 4) is 0 Å². The molecule has 1 aromatic rings. The molecule has 1 aromatic carbocycles. The summed E-state index contributed by atoms with van der Waals surface area (Å²) in [5.74, 6) is -1.69. The number of aryl methyl sites for hydroxylation is 1. The number of hydrogen-bond acceptors (Lipinski definition) is 3. The topological polar surface area (TPSA) is 46.6 Å². The summed E-state index contributed by atoms with van der Waals surface area (Å²) in [6, 6.07) is 2.49. The Hall–Kier alpha value is -1.75. The van der Waals surface area contributed by atoms with Crippen LogP contribution in [0.15, 0.2) is 12.1 Å². The number of halogens is 1. The van der Waals surface area contributed by atoms with Gasteiger partial charge in [0.1, 0.15) is 5.82 Å². The Morgan fingerprint density at radius 1 is 1.35 bits per heavy atom. The van der Waals surface area contributed by atoms with Gasteiger partial charge in [-0.2, -0.15) is 0 Å². The number of carbonyl (C=O) groups excluding carboxylic acids is 2. The number of benzene rings is 1. The number of Topliss-reactive ketones (excluding diaryl/α,β-unsaturated/α-hetero) is 1. The molecule has 0 aromatic heterocycles. The number of carbonyl (C=O) groups is 2. The molecule has 3 rings (SSSR count). The van der Waals surface area contributed by atoms with Gasteiger partial charge in [0, 0.05) is 6.61 Å². The number of fused-ring (bicyclic) bond motifs is 1. The third kappa shape index (κ3) is 2.12. The van der Waals surface area contributed by atoms with E-state index in [-0.39, 0.29) is 11.7 Å². The van der Waals surface area contributed by atoms with Crippen LogP contribution < -0.4 is 4.90 Å². The molecular weight excluding hydrogens is 261 g/mol. The van der Waals surface area contributed by atoms with Crippen molar-refractivity contribution in [2.75, 3.05) is 18.1 Å². The third-order valence-corrected chi connectivity index (χ3v) is 3.88. The van der Waals surface area contributed by atoms with Crippen molar-refractivity contribution in [2.45, 2.75) is 32.3 Å². The van der Waals surface area contributed by atoms with Gasteiger partial charge in [0.2, 0.25) is 0 Å². The highest BCUT2D eigenvalue weighted by molar-refractivity contribution is 6.52. The van der Waals surface area contributed by atoms with Crippen molar-refractivity contribution in [3.05, 3.63) is 29.1 Å². The van der Waals surface area contributed by atoms with E-state index in [9.17, 15) is 14.0 Å². The van der Waals surface area contributed by atoms with E-state index in [4.69, 9.17) is 4.74 Å². The van der Waals surface area contributed by atoms with E-state index in [1.165, 1.54) is 11.0 Å². The van der Waals surface area contributed by atoms with E-state index in [2.05, 4.69) is 0 Å². The van der Waals surface area contributed by atoms with Gasteiger partial charge < -0.3 is 9.64 Å². The molecule has 5 heteroatoms. The molecule has 1 amide bonds. The van der Waals surface area contributed by atoms with Crippen LogP contribution in [0.25, 0.3) is 0 Å². The highest BCUT2D eigenvalue weighted by atomic mass is 19.1. The Morgan fingerprint density at radius 3 is 2.85 bits per heavy atom. The van der Waals surface area contributed by atoms with Crippen molar-refractivity contribution in [3.63, 3.8) is 0 Å². The van der Waals surface area contributed by atoms with Gasteiger partial charge >= 0.3 is 0 Å². The number of ether oxygens (including phenoxy) is 1. The number of hydrogen-bond donors (Lipinski definition) is 0. The maximum atomic E-state index is 13.4. The van der Waals surface area contributed by atoms with Crippen molar-refractivity contribution in [1.82, 2.24) is 0 Å². The molecule has 20 heavy (non-hydrogen) atoms. The molecule has 4 nitrogen and oxygen atoms in total. The van der Waals surface area contributed by atoms with Crippen LogP contribution in [0.1, 0.15) is 35.2 Å². The molecule has 1 saturated heterocycles. The zero-order chi connectivity index (χ0) is 14.3. The zero-order valence-electron chi connectivity index (χ0n) is 11.3. The second-order valence-corrected chi connectivity index (χ2v) is 5.35. The molecule has 1 atom stereocenters. The largest absolute Gasteiger partial charge is 0.376 e. The average molecular weight is 277 g/mol. The minimum absolute atomic E-state index is 0.0455. The Bertz CT molecular complexity index is 579. The summed E-state index contributed by atoms with van der Waals surface area (Å²) in [5, 5.41) is 0. The number of anilines is 1. The Labute approximate surface area is 116 Å². The minimum atomic E-state index is -0.626. The van der Waals surface area contributed by atoms with E-state index in [1.807, 2.05) is 0 Å². The molecule has 0 radical (unpaired) electrons. The van der Waals surface area contributed by atoms with E-state index in [0.29, 0.717) is 24.4 Å². The minimum Gasteiger partial charge on any atom is -0.376 e. The van der Waals surface area contributed by atoms with E-state index < -0.39 is 17.5 Å². The standard InChI is InChI=1S/C15H16FNO3/c1-9-6-10(16)7-12-13(9)17(15(19)14(12)18)8-11-4-2-3-5-20-11/h6-7,11H,2-5,8H2,1H3. The lowest BCUT2D eigenvalue weighted by molar-refractivity contribution is -0.114. The predicted octanol–water partition coefficient (Wildman–Crippen LogP) is 2.23. The van der Waals surface area contributed by atoms with Gasteiger partial charge in [0.05, 0.1) is 23.9 Å². The van der Waals surface area contributed by atoms with Crippen molar-refractivity contribution in [1.29, 1.82) is 0 Å². The second kappa shape index (κ2) is 4.98. The number of nitrogens with zero attached hydrogens (tertiary/aromatic N) is 1. The van der Waals surface area contributed by atoms with Gasteiger partial charge in [0.15, 0.2) is 0 Å². The maximum absolute atomic E-state index is 13.4. The lowest BCUT2D eigenvalue weighted by Crippen LogP contribution is -2.39. The molecule has 1 unspecified atom stereocenters. The molecule has 0 aliphatic carbocycles. The van der Waals surface area contributed by atoms with E-state index in [0.717, 1.165) is 25.3 Å². The molecule has 2 aliphatic rings. The third-order valence-electron chi connectivity index (χ3n) is 3.88. The highest BCUT2D eigenvalue weighted by Crippen LogP contribution is 2.34. The molecule has 2 aliphatic heterocycles. The lowest BCUT2D eigenvalue weighted by atomic mass is 10.1. The summed E-state index contributed by atoms with van der Waals surface area (Å²) in [7, 11) is 0. The first kappa shape index (κ1) is 13.2. The fourth-order valence-electron chi connectivity index (χ4n) is 2.94. The van der Waals surface area contributed by atoms with Crippen molar-refractivity contribution >= 4 is 17.4 Å². The normalized spacial score (nSPS) is 22.3. The summed E-state index contributed by atoms with van der Waals surface area (Å²) in [4.78, 5) is 25.5. The van der Waals surface area contributed by atoms with Crippen LogP contribution in [0, 0.1) is 12.7 Å². The summed E-state index contributed by atoms with van der Waals surface area (Å²) in [5.41, 5.74) is 1.31. The van der Waals surface area contributed by atoms with Crippen LogP contribution in [-0.4, -0.2) is 30.9 Å². The number of rotatable bonds is 2. The predicted molar refractivity (Wildman–Crippen MR) is 71.4 cm³/mol. The van der Waals surface area contributed by atoms with Gasteiger partial charge in [-0.1, -0.05) is 0 Å². The van der Waals surface area contributed by atoms with Crippen LogP contribution in [-0.2, 0) is 9.53 Å². The zero-order valence-corrected chi connectivity index (χ0v) is 11.3.